The molecule has 0 saturated carbocycles. The highest BCUT2D eigenvalue weighted by atomic mass is 32.2. The second kappa shape index (κ2) is 8.60. The van der Waals surface area contributed by atoms with Crippen molar-refractivity contribution in [3.8, 4) is 0 Å². The second-order valence-electron chi connectivity index (χ2n) is 4.09. The highest BCUT2D eigenvalue weighted by molar-refractivity contribution is 8.00. The Morgan fingerprint density at radius 2 is 1.50 bits per heavy atom. The van der Waals surface area contributed by atoms with E-state index >= 15 is 0 Å². The van der Waals surface area contributed by atoms with Crippen LogP contribution >= 0.6 is 11.8 Å². The Balaban J connectivity index is 3.56. The van der Waals surface area contributed by atoms with Gasteiger partial charge in [0.25, 0.3) is 0 Å². The zero-order chi connectivity index (χ0) is 11.0. The van der Waals surface area contributed by atoms with E-state index in [1.54, 1.807) is 0 Å². The first-order chi connectivity index (χ1) is 6.63. The van der Waals surface area contributed by atoms with Crippen molar-refractivity contribution >= 4 is 11.8 Å². The van der Waals surface area contributed by atoms with Crippen LogP contribution in [0.4, 0.5) is 0 Å². The van der Waals surface area contributed by atoms with Crippen LogP contribution < -0.4 is 5.32 Å². The average molecular weight is 217 g/mol. The normalized spacial score (nSPS) is 15.9. The monoisotopic (exact) mass is 217 g/mol. The lowest BCUT2D eigenvalue weighted by molar-refractivity contribution is 0.487. The summed E-state index contributed by atoms with van der Waals surface area (Å²) in [7, 11) is 0. The topological polar surface area (TPSA) is 12.0 Å². The van der Waals surface area contributed by atoms with Crippen LogP contribution in [0.25, 0.3) is 0 Å². The van der Waals surface area contributed by atoms with E-state index in [0.717, 1.165) is 23.1 Å². The van der Waals surface area contributed by atoms with E-state index in [1.165, 1.54) is 19.3 Å². The number of rotatable bonds is 8. The van der Waals surface area contributed by atoms with Crippen LogP contribution in [-0.4, -0.2) is 23.1 Å². The summed E-state index contributed by atoms with van der Waals surface area (Å²) in [6, 6.07) is 0.718. The SMILES string of the molecule is CCC(CC)NCC(C)SC(C)CC. The standard InChI is InChI=1S/C12H27NS/c1-6-10(4)14-11(5)9-13-12(7-2)8-3/h10-13H,6-9H2,1-5H3. The molecule has 0 aliphatic heterocycles. The maximum Gasteiger partial charge on any atom is 0.0146 e. The first kappa shape index (κ1) is 14.3. The van der Waals surface area contributed by atoms with Crippen molar-refractivity contribution in [1.82, 2.24) is 5.32 Å². The quantitative estimate of drug-likeness (QED) is 0.665. The Kier molecular flexibility index (Phi) is 8.80. The molecule has 14 heavy (non-hydrogen) atoms. The fourth-order valence-corrected chi connectivity index (χ4v) is 2.63. The number of nitrogens with one attached hydrogen (secondary N) is 1. The Hall–Kier alpha value is 0.310. The van der Waals surface area contributed by atoms with Crippen molar-refractivity contribution < 1.29 is 0 Å². The van der Waals surface area contributed by atoms with Gasteiger partial charge in [-0.15, -0.1) is 0 Å². The molecule has 1 nitrogen and oxygen atoms in total. The molecule has 0 amide bonds. The first-order valence-corrected chi connectivity index (χ1v) is 6.97. The van der Waals surface area contributed by atoms with Gasteiger partial charge in [-0.3, -0.25) is 0 Å². The van der Waals surface area contributed by atoms with Crippen LogP contribution in [0.5, 0.6) is 0 Å². The summed E-state index contributed by atoms with van der Waals surface area (Å²) in [4.78, 5) is 0. The van der Waals surface area contributed by atoms with Gasteiger partial charge in [-0.05, 0) is 19.3 Å². The fraction of sp³-hybridized carbons (Fsp3) is 1.00. The summed E-state index contributed by atoms with van der Waals surface area (Å²) in [5.41, 5.74) is 0. The predicted molar refractivity (Wildman–Crippen MR) is 69.2 cm³/mol. The number of hydrogen-bond acceptors (Lipinski definition) is 2. The molecular weight excluding hydrogens is 190 g/mol. The van der Waals surface area contributed by atoms with E-state index in [0.29, 0.717) is 0 Å². The largest absolute Gasteiger partial charge is 0.313 e. The summed E-state index contributed by atoms with van der Waals surface area (Å²) in [6.07, 6.45) is 3.77. The zero-order valence-corrected chi connectivity index (χ0v) is 11.3. The molecular formula is C12H27NS. The molecule has 0 rings (SSSR count). The van der Waals surface area contributed by atoms with Gasteiger partial charge in [-0.25, -0.2) is 0 Å². The van der Waals surface area contributed by atoms with E-state index in [2.05, 4.69) is 51.7 Å². The lowest BCUT2D eigenvalue weighted by Gasteiger charge is -2.20. The van der Waals surface area contributed by atoms with Crippen molar-refractivity contribution in [3.05, 3.63) is 0 Å². The summed E-state index contributed by atoms with van der Waals surface area (Å²) in [5, 5.41) is 5.17. The van der Waals surface area contributed by atoms with Crippen LogP contribution in [0.1, 0.15) is 53.9 Å². The Morgan fingerprint density at radius 1 is 0.929 bits per heavy atom. The van der Waals surface area contributed by atoms with Gasteiger partial charge in [0.05, 0.1) is 0 Å². The van der Waals surface area contributed by atoms with E-state index in [1.807, 2.05) is 0 Å². The molecule has 0 spiro atoms. The summed E-state index contributed by atoms with van der Waals surface area (Å²) in [5.74, 6) is 0. The molecule has 2 heteroatoms. The summed E-state index contributed by atoms with van der Waals surface area (Å²) >= 11 is 2.10. The van der Waals surface area contributed by atoms with Gasteiger partial charge in [0.1, 0.15) is 0 Å². The Bertz CT molecular complexity index is 123. The Morgan fingerprint density at radius 3 is 1.93 bits per heavy atom. The molecule has 0 aromatic carbocycles. The minimum absolute atomic E-state index is 0.718. The number of hydrogen-bond donors (Lipinski definition) is 1. The van der Waals surface area contributed by atoms with Crippen molar-refractivity contribution in [2.24, 2.45) is 0 Å². The molecule has 0 saturated heterocycles. The molecule has 86 valence electrons. The molecule has 2 unspecified atom stereocenters. The fourth-order valence-electron chi connectivity index (χ4n) is 1.45. The maximum atomic E-state index is 3.63. The van der Waals surface area contributed by atoms with Crippen molar-refractivity contribution in [2.45, 2.75) is 70.4 Å². The molecule has 0 aliphatic rings. The van der Waals surface area contributed by atoms with Crippen LogP contribution in [0, 0.1) is 0 Å². The first-order valence-electron chi connectivity index (χ1n) is 6.02. The minimum Gasteiger partial charge on any atom is -0.313 e. The third-order valence-electron chi connectivity index (χ3n) is 2.72. The lowest BCUT2D eigenvalue weighted by Crippen LogP contribution is -2.33. The van der Waals surface area contributed by atoms with Gasteiger partial charge in [-0.2, -0.15) is 11.8 Å². The van der Waals surface area contributed by atoms with Gasteiger partial charge in [0, 0.05) is 23.1 Å². The van der Waals surface area contributed by atoms with Crippen LogP contribution in [0.3, 0.4) is 0 Å². The van der Waals surface area contributed by atoms with Gasteiger partial charge in [0.2, 0.25) is 0 Å². The summed E-state index contributed by atoms with van der Waals surface area (Å²) in [6.45, 7) is 12.6. The van der Waals surface area contributed by atoms with Gasteiger partial charge >= 0.3 is 0 Å². The highest BCUT2D eigenvalue weighted by Crippen LogP contribution is 2.19. The molecule has 0 aromatic heterocycles. The summed E-state index contributed by atoms with van der Waals surface area (Å²) < 4.78 is 0. The van der Waals surface area contributed by atoms with E-state index in [4.69, 9.17) is 0 Å². The smallest absolute Gasteiger partial charge is 0.0146 e. The molecule has 0 radical (unpaired) electrons. The second-order valence-corrected chi connectivity index (χ2v) is 5.97. The van der Waals surface area contributed by atoms with Gasteiger partial charge < -0.3 is 5.32 Å². The van der Waals surface area contributed by atoms with Gasteiger partial charge in [-0.1, -0.05) is 34.6 Å². The molecule has 1 N–H and O–H groups in total. The van der Waals surface area contributed by atoms with Crippen molar-refractivity contribution in [3.63, 3.8) is 0 Å². The van der Waals surface area contributed by atoms with Crippen molar-refractivity contribution in [2.75, 3.05) is 6.54 Å². The molecule has 0 heterocycles. The molecule has 0 aliphatic carbocycles. The lowest BCUT2D eigenvalue weighted by atomic mass is 10.2. The van der Waals surface area contributed by atoms with Crippen molar-refractivity contribution in [1.29, 1.82) is 0 Å². The average Bonchev–Trinajstić information content (AvgIpc) is 2.19. The minimum atomic E-state index is 0.718. The Labute approximate surface area is 94.4 Å². The van der Waals surface area contributed by atoms with E-state index in [-0.39, 0.29) is 0 Å². The maximum absolute atomic E-state index is 3.63. The van der Waals surface area contributed by atoms with Crippen LogP contribution in [0.2, 0.25) is 0 Å². The van der Waals surface area contributed by atoms with Crippen LogP contribution in [0.15, 0.2) is 0 Å². The molecule has 0 aromatic rings. The van der Waals surface area contributed by atoms with E-state index in [9.17, 15) is 0 Å². The van der Waals surface area contributed by atoms with Crippen LogP contribution in [-0.2, 0) is 0 Å². The molecule has 0 bridgehead atoms. The van der Waals surface area contributed by atoms with E-state index < -0.39 is 0 Å². The highest BCUT2D eigenvalue weighted by Gasteiger charge is 2.09. The number of thioether (sulfide) groups is 1. The predicted octanol–water partition coefficient (Wildman–Crippen LogP) is 3.68. The third kappa shape index (κ3) is 6.72. The molecule has 0 fully saturated rings. The van der Waals surface area contributed by atoms with Gasteiger partial charge in [0.15, 0.2) is 0 Å². The zero-order valence-electron chi connectivity index (χ0n) is 10.5. The third-order valence-corrected chi connectivity index (χ3v) is 4.15. The molecule has 2 atom stereocenters.